The second kappa shape index (κ2) is 7.53. The molecule has 0 fully saturated rings. The topological polar surface area (TPSA) is 0 Å². The van der Waals surface area contributed by atoms with Crippen LogP contribution in [-0.2, 0) is 0 Å². The van der Waals surface area contributed by atoms with E-state index in [-0.39, 0.29) is 5.92 Å². The molecule has 0 aliphatic carbocycles. The molecule has 0 aliphatic rings. The lowest BCUT2D eigenvalue weighted by Crippen LogP contribution is -2.02. The van der Waals surface area contributed by atoms with E-state index >= 15 is 0 Å². The van der Waals surface area contributed by atoms with E-state index in [0.29, 0.717) is 20.1 Å². The zero-order valence-corrected chi connectivity index (χ0v) is 17.6. The van der Waals surface area contributed by atoms with Crippen molar-refractivity contribution in [2.24, 2.45) is 0 Å². The molecule has 0 aliphatic heterocycles. The van der Waals surface area contributed by atoms with Gasteiger partial charge < -0.3 is 0 Å². The predicted molar refractivity (Wildman–Crippen MR) is 120 cm³/mol. The molecule has 0 saturated heterocycles. The summed E-state index contributed by atoms with van der Waals surface area (Å²) in [6, 6.07) is 19.9. The van der Waals surface area contributed by atoms with E-state index in [4.69, 9.17) is 46.4 Å². The molecular weight excluding hydrogens is 418 g/mol. The minimum absolute atomic E-state index is 0.201. The lowest BCUT2D eigenvalue weighted by Gasteiger charge is -2.21. The summed E-state index contributed by atoms with van der Waals surface area (Å²) in [5.41, 5.74) is 2.46. The van der Waals surface area contributed by atoms with Gasteiger partial charge in [-0.1, -0.05) is 77.6 Å². The Morgan fingerprint density at radius 2 is 1.04 bits per heavy atom. The second-order valence-corrected chi connectivity index (χ2v) is 8.30. The van der Waals surface area contributed by atoms with Gasteiger partial charge in [-0.25, -0.2) is 0 Å². The van der Waals surface area contributed by atoms with Crippen LogP contribution >= 0.6 is 46.4 Å². The van der Waals surface area contributed by atoms with Crippen LogP contribution in [0.2, 0.25) is 20.1 Å². The molecule has 4 aromatic rings. The molecule has 4 rings (SSSR count). The number of fused-ring (bicyclic) bond motifs is 2. The van der Waals surface area contributed by atoms with Gasteiger partial charge in [-0.3, -0.25) is 0 Å². The van der Waals surface area contributed by atoms with Crippen molar-refractivity contribution in [1.29, 1.82) is 0 Å². The van der Waals surface area contributed by atoms with Gasteiger partial charge in [-0.2, -0.15) is 0 Å². The maximum Gasteiger partial charge on any atom is 0.0485 e. The zero-order chi connectivity index (χ0) is 19.1. The van der Waals surface area contributed by atoms with E-state index in [2.05, 4.69) is 31.2 Å². The second-order valence-electron chi connectivity index (χ2n) is 6.61. The Hall–Kier alpha value is -1.44. The van der Waals surface area contributed by atoms with Gasteiger partial charge in [0.15, 0.2) is 0 Å². The molecule has 0 spiro atoms. The summed E-state index contributed by atoms with van der Waals surface area (Å²) in [6.07, 6.45) is 0.943. The first-order chi connectivity index (χ1) is 13.0. The molecule has 4 aromatic carbocycles. The molecule has 0 N–H and O–H groups in total. The molecule has 136 valence electrons. The van der Waals surface area contributed by atoms with Crippen LogP contribution in [0, 0.1) is 0 Å². The first-order valence-electron chi connectivity index (χ1n) is 8.75. The summed E-state index contributed by atoms with van der Waals surface area (Å²) in [6.45, 7) is 2.19. The lowest BCUT2D eigenvalue weighted by molar-refractivity contribution is 0.790. The summed E-state index contributed by atoms with van der Waals surface area (Å²) < 4.78 is 0. The van der Waals surface area contributed by atoms with E-state index in [0.717, 1.165) is 28.0 Å². The molecule has 0 atom stereocenters. The summed E-state index contributed by atoms with van der Waals surface area (Å²) >= 11 is 25.3. The zero-order valence-electron chi connectivity index (χ0n) is 14.6. The van der Waals surface area contributed by atoms with Gasteiger partial charge in [0.2, 0.25) is 0 Å². The molecule has 0 amide bonds. The van der Waals surface area contributed by atoms with Crippen LogP contribution in [0.1, 0.15) is 30.4 Å². The number of hydrogen-bond donors (Lipinski definition) is 0. The van der Waals surface area contributed by atoms with Crippen LogP contribution < -0.4 is 0 Å². The first kappa shape index (κ1) is 18.9. The third-order valence-electron chi connectivity index (χ3n) is 5.08. The Kier molecular flexibility index (Phi) is 5.27. The molecule has 0 bridgehead atoms. The van der Waals surface area contributed by atoms with Crippen molar-refractivity contribution in [3.8, 4) is 0 Å². The number of rotatable bonds is 3. The smallest absolute Gasteiger partial charge is 0.0485 e. The number of benzene rings is 4. The van der Waals surface area contributed by atoms with Gasteiger partial charge in [0.1, 0.15) is 0 Å². The predicted octanol–water partition coefficient (Wildman–Crippen LogP) is 9.15. The van der Waals surface area contributed by atoms with Crippen LogP contribution in [-0.4, -0.2) is 0 Å². The van der Waals surface area contributed by atoms with Crippen LogP contribution in [0.4, 0.5) is 0 Å². The minimum Gasteiger partial charge on any atom is -0.0843 e. The SMILES string of the molecule is CCC(c1ccc(Cl)c2cc(Cl)ccc12)c1ccc(Cl)c2cc(Cl)ccc12. The van der Waals surface area contributed by atoms with Crippen molar-refractivity contribution in [2.45, 2.75) is 19.3 Å². The lowest BCUT2D eigenvalue weighted by atomic mass is 9.84. The third kappa shape index (κ3) is 3.41. The van der Waals surface area contributed by atoms with Crippen molar-refractivity contribution < 1.29 is 0 Å². The van der Waals surface area contributed by atoms with Crippen LogP contribution in [0.25, 0.3) is 21.5 Å². The molecule has 0 aromatic heterocycles. The fourth-order valence-electron chi connectivity index (χ4n) is 3.83. The molecular formula is C23H16Cl4. The highest BCUT2D eigenvalue weighted by Gasteiger charge is 2.19. The van der Waals surface area contributed by atoms with E-state index in [9.17, 15) is 0 Å². The summed E-state index contributed by atoms with van der Waals surface area (Å²) in [7, 11) is 0. The summed E-state index contributed by atoms with van der Waals surface area (Å²) in [4.78, 5) is 0. The third-order valence-corrected chi connectivity index (χ3v) is 6.21. The van der Waals surface area contributed by atoms with E-state index < -0.39 is 0 Å². The molecule has 0 nitrogen and oxygen atoms in total. The quantitative estimate of drug-likeness (QED) is 0.302. The average Bonchev–Trinajstić information content (AvgIpc) is 2.66. The van der Waals surface area contributed by atoms with Crippen molar-refractivity contribution in [3.63, 3.8) is 0 Å². The van der Waals surface area contributed by atoms with Crippen LogP contribution in [0.5, 0.6) is 0 Å². The highest BCUT2D eigenvalue weighted by Crippen LogP contribution is 2.41. The number of halogens is 4. The Morgan fingerprint density at radius 1 is 0.593 bits per heavy atom. The van der Waals surface area contributed by atoms with Crippen molar-refractivity contribution in [3.05, 3.63) is 91.9 Å². The fraction of sp³-hybridized carbons (Fsp3) is 0.130. The largest absolute Gasteiger partial charge is 0.0843 e. The molecule has 4 heteroatoms. The maximum absolute atomic E-state index is 6.44. The van der Waals surface area contributed by atoms with E-state index in [1.165, 1.54) is 11.1 Å². The average molecular weight is 434 g/mol. The standard InChI is InChI=1S/C23H16Cl4/c1-2-15(16-7-9-22(26)20-11-13(24)3-5-18(16)20)17-8-10-23(27)21-12-14(25)4-6-19(17)21/h3-12,15H,2H2,1H3. The van der Waals surface area contributed by atoms with Crippen molar-refractivity contribution >= 4 is 67.9 Å². The van der Waals surface area contributed by atoms with Gasteiger partial charge >= 0.3 is 0 Å². The minimum atomic E-state index is 0.201. The summed E-state index contributed by atoms with van der Waals surface area (Å²) in [5.74, 6) is 0.201. The Bertz CT molecular complexity index is 1070. The summed E-state index contributed by atoms with van der Waals surface area (Å²) in [5, 5.41) is 6.97. The number of hydrogen-bond acceptors (Lipinski definition) is 0. The Balaban J connectivity index is 1.99. The molecule has 0 radical (unpaired) electrons. The van der Waals surface area contributed by atoms with Gasteiger partial charge in [-0.05, 0) is 64.7 Å². The van der Waals surface area contributed by atoms with Crippen molar-refractivity contribution in [1.82, 2.24) is 0 Å². The van der Waals surface area contributed by atoms with Gasteiger partial charge in [0.25, 0.3) is 0 Å². The fourth-order valence-corrected chi connectivity index (χ4v) is 4.61. The van der Waals surface area contributed by atoms with Crippen molar-refractivity contribution in [2.75, 3.05) is 0 Å². The molecule has 27 heavy (non-hydrogen) atoms. The van der Waals surface area contributed by atoms with Gasteiger partial charge in [-0.15, -0.1) is 0 Å². The monoisotopic (exact) mass is 432 g/mol. The van der Waals surface area contributed by atoms with E-state index in [1.807, 2.05) is 36.4 Å². The maximum atomic E-state index is 6.44. The molecule has 0 unspecified atom stereocenters. The Morgan fingerprint density at radius 3 is 1.44 bits per heavy atom. The normalized spacial score (nSPS) is 11.6. The van der Waals surface area contributed by atoms with Gasteiger partial charge in [0, 0.05) is 36.8 Å². The first-order valence-corrected chi connectivity index (χ1v) is 10.3. The highest BCUT2D eigenvalue weighted by molar-refractivity contribution is 6.37. The molecule has 0 heterocycles. The van der Waals surface area contributed by atoms with Crippen LogP contribution in [0.3, 0.4) is 0 Å². The van der Waals surface area contributed by atoms with Gasteiger partial charge in [0.05, 0.1) is 0 Å². The van der Waals surface area contributed by atoms with E-state index in [1.54, 1.807) is 0 Å². The Labute approximate surface area is 178 Å². The van der Waals surface area contributed by atoms with Crippen LogP contribution in [0.15, 0.2) is 60.7 Å². The molecule has 0 saturated carbocycles. The highest BCUT2D eigenvalue weighted by atomic mass is 35.5.